The van der Waals surface area contributed by atoms with Crippen LogP contribution in [0.2, 0.25) is 0 Å². The number of nitrogens with one attached hydrogen (secondary N) is 2. The molecule has 0 unspecified atom stereocenters. The molecule has 5 amide bonds. The largest absolute Gasteiger partial charge is 0.354 e. The van der Waals surface area contributed by atoms with Crippen LogP contribution in [0.4, 0.5) is 4.79 Å². The van der Waals surface area contributed by atoms with E-state index in [0.29, 0.717) is 38.8 Å². The van der Waals surface area contributed by atoms with Crippen molar-refractivity contribution in [2.24, 2.45) is 0 Å². The highest BCUT2D eigenvalue weighted by Crippen LogP contribution is 2.35. The maximum absolute atomic E-state index is 12.5. The third kappa shape index (κ3) is 4.59. The van der Waals surface area contributed by atoms with Gasteiger partial charge in [0.25, 0.3) is 5.91 Å². The summed E-state index contributed by atoms with van der Waals surface area (Å²) in [7, 11) is 0. The maximum atomic E-state index is 12.5. The second-order valence-corrected chi connectivity index (χ2v) is 7.82. The Morgan fingerprint density at radius 1 is 1.04 bits per heavy atom. The van der Waals surface area contributed by atoms with Gasteiger partial charge in [-0.1, -0.05) is 19.3 Å². The van der Waals surface area contributed by atoms with Crippen LogP contribution < -0.4 is 10.6 Å². The standard InChI is InChI=1S/C19H30N4O4/c24-15(20-11-14-22-12-5-1-2-8-16(22)25)7-6-13-23-17(26)19(21-18(23)27)9-3-4-10-19/h1-14H2,(H,20,24)(H,21,27). The molecule has 2 aliphatic heterocycles. The summed E-state index contributed by atoms with van der Waals surface area (Å²) in [5.41, 5.74) is -0.682. The predicted octanol–water partition coefficient (Wildman–Crippen LogP) is 1.15. The topological polar surface area (TPSA) is 98.8 Å². The number of carbonyl (C=O) groups is 4. The van der Waals surface area contributed by atoms with Crippen LogP contribution in [-0.2, 0) is 14.4 Å². The Kier molecular flexibility index (Phi) is 6.34. The Balaban J connectivity index is 1.34. The van der Waals surface area contributed by atoms with Crippen molar-refractivity contribution in [3.05, 3.63) is 0 Å². The molecule has 27 heavy (non-hydrogen) atoms. The van der Waals surface area contributed by atoms with E-state index in [1.165, 1.54) is 4.90 Å². The van der Waals surface area contributed by atoms with Crippen LogP contribution in [0.25, 0.3) is 0 Å². The Bertz CT molecular complexity index is 601. The van der Waals surface area contributed by atoms with Gasteiger partial charge in [-0.2, -0.15) is 0 Å². The van der Waals surface area contributed by atoms with Crippen LogP contribution in [0.3, 0.4) is 0 Å². The Labute approximate surface area is 160 Å². The van der Waals surface area contributed by atoms with E-state index in [0.717, 1.165) is 38.6 Å². The molecule has 0 aromatic carbocycles. The van der Waals surface area contributed by atoms with E-state index >= 15 is 0 Å². The summed E-state index contributed by atoms with van der Waals surface area (Å²) in [5, 5.41) is 5.68. The summed E-state index contributed by atoms with van der Waals surface area (Å²) in [6, 6.07) is -0.331. The summed E-state index contributed by atoms with van der Waals surface area (Å²) >= 11 is 0. The smallest absolute Gasteiger partial charge is 0.325 e. The predicted molar refractivity (Wildman–Crippen MR) is 98.7 cm³/mol. The fourth-order valence-electron chi connectivity index (χ4n) is 4.29. The minimum absolute atomic E-state index is 0.111. The van der Waals surface area contributed by atoms with Gasteiger partial charge in [-0.25, -0.2) is 4.79 Å². The first kappa shape index (κ1) is 19.6. The van der Waals surface area contributed by atoms with Gasteiger partial charge in [0.15, 0.2) is 0 Å². The van der Waals surface area contributed by atoms with Gasteiger partial charge < -0.3 is 15.5 Å². The first-order chi connectivity index (χ1) is 13.0. The normalized spacial score (nSPS) is 22.3. The van der Waals surface area contributed by atoms with Gasteiger partial charge in [0.2, 0.25) is 11.8 Å². The minimum atomic E-state index is -0.682. The van der Waals surface area contributed by atoms with E-state index in [1.54, 1.807) is 0 Å². The molecule has 2 saturated heterocycles. The zero-order valence-electron chi connectivity index (χ0n) is 15.9. The molecule has 3 rings (SSSR count). The molecule has 3 aliphatic rings. The second kappa shape index (κ2) is 8.71. The van der Waals surface area contributed by atoms with Crippen LogP contribution in [-0.4, -0.2) is 65.3 Å². The van der Waals surface area contributed by atoms with Gasteiger partial charge in [0, 0.05) is 39.0 Å². The van der Waals surface area contributed by atoms with Crippen LogP contribution in [0.5, 0.6) is 0 Å². The fourth-order valence-corrected chi connectivity index (χ4v) is 4.29. The quantitative estimate of drug-likeness (QED) is 0.649. The number of hydrogen-bond donors (Lipinski definition) is 2. The average Bonchev–Trinajstić information content (AvgIpc) is 3.12. The van der Waals surface area contributed by atoms with E-state index in [-0.39, 0.29) is 36.7 Å². The SMILES string of the molecule is O=C(CCCN1C(=O)NC2(CCCC2)C1=O)NCCN1CCCCCC1=O. The van der Waals surface area contributed by atoms with Gasteiger partial charge in [-0.3, -0.25) is 19.3 Å². The van der Waals surface area contributed by atoms with Crippen molar-refractivity contribution in [1.29, 1.82) is 0 Å². The van der Waals surface area contributed by atoms with Crippen molar-refractivity contribution in [3.63, 3.8) is 0 Å². The van der Waals surface area contributed by atoms with Crippen molar-refractivity contribution in [1.82, 2.24) is 20.4 Å². The van der Waals surface area contributed by atoms with Gasteiger partial charge in [0.1, 0.15) is 5.54 Å². The van der Waals surface area contributed by atoms with Gasteiger partial charge in [-0.05, 0) is 32.1 Å². The van der Waals surface area contributed by atoms with Gasteiger partial charge in [0.05, 0.1) is 0 Å². The lowest BCUT2D eigenvalue weighted by atomic mass is 9.98. The molecule has 1 aliphatic carbocycles. The van der Waals surface area contributed by atoms with E-state index in [2.05, 4.69) is 10.6 Å². The number of rotatable bonds is 7. The monoisotopic (exact) mass is 378 g/mol. The third-order valence-corrected chi connectivity index (χ3v) is 5.86. The molecular weight excluding hydrogens is 348 g/mol. The second-order valence-electron chi connectivity index (χ2n) is 7.82. The number of amides is 5. The first-order valence-electron chi connectivity index (χ1n) is 10.2. The maximum Gasteiger partial charge on any atom is 0.325 e. The lowest BCUT2D eigenvalue weighted by Gasteiger charge is -2.21. The van der Waals surface area contributed by atoms with E-state index in [9.17, 15) is 19.2 Å². The molecule has 0 aromatic rings. The van der Waals surface area contributed by atoms with E-state index in [1.807, 2.05) is 4.90 Å². The summed E-state index contributed by atoms with van der Waals surface area (Å²) in [4.78, 5) is 51.6. The highest BCUT2D eigenvalue weighted by molar-refractivity contribution is 6.07. The summed E-state index contributed by atoms with van der Waals surface area (Å²) in [6.45, 7) is 2.02. The molecule has 8 nitrogen and oxygen atoms in total. The molecule has 3 fully saturated rings. The number of urea groups is 1. The van der Waals surface area contributed by atoms with Crippen LogP contribution >= 0.6 is 0 Å². The van der Waals surface area contributed by atoms with Crippen molar-refractivity contribution >= 4 is 23.8 Å². The molecule has 8 heteroatoms. The Morgan fingerprint density at radius 2 is 1.81 bits per heavy atom. The summed E-state index contributed by atoms with van der Waals surface area (Å²) in [6.07, 6.45) is 7.71. The summed E-state index contributed by atoms with van der Waals surface area (Å²) in [5.74, 6) is -0.0777. The van der Waals surface area contributed by atoms with Crippen molar-refractivity contribution in [2.45, 2.75) is 69.7 Å². The first-order valence-corrected chi connectivity index (χ1v) is 10.2. The fraction of sp³-hybridized carbons (Fsp3) is 0.789. The van der Waals surface area contributed by atoms with Gasteiger partial charge in [-0.15, -0.1) is 0 Å². The number of likely N-dealkylation sites (tertiary alicyclic amines) is 1. The number of hydrogen-bond acceptors (Lipinski definition) is 4. The van der Waals surface area contributed by atoms with E-state index < -0.39 is 5.54 Å². The number of imide groups is 1. The molecule has 2 heterocycles. The molecule has 150 valence electrons. The highest BCUT2D eigenvalue weighted by Gasteiger charge is 2.51. The Morgan fingerprint density at radius 3 is 2.59 bits per heavy atom. The van der Waals surface area contributed by atoms with Crippen molar-refractivity contribution in [2.75, 3.05) is 26.2 Å². The molecule has 0 bridgehead atoms. The highest BCUT2D eigenvalue weighted by atomic mass is 16.2. The van der Waals surface area contributed by atoms with Crippen LogP contribution in [0.15, 0.2) is 0 Å². The lowest BCUT2D eigenvalue weighted by Crippen LogP contribution is -2.44. The molecule has 1 saturated carbocycles. The molecule has 0 atom stereocenters. The molecule has 0 radical (unpaired) electrons. The number of carbonyl (C=O) groups excluding carboxylic acids is 4. The van der Waals surface area contributed by atoms with Crippen molar-refractivity contribution < 1.29 is 19.2 Å². The van der Waals surface area contributed by atoms with Crippen LogP contribution in [0, 0.1) is 0 Å². The molecule has 1 spiro atoms. The third-order valence-electron chi connectivity index (χ3n) is 5.86. The van der Waals surface area contributed by atoms with Crippen LogP contribution in [0.1, 0.15) is 64.2 Å². The lowest BCUT2D eigenvalue weighted by molar-refractivity contribution is -0.131. The zero-order valence-corrected chi connectivity index (χ0v) is 15.9. The van der Waals surface area contributed by atoms with E-state index in [4.69, 9.17) is 0 Å². The zero-order chi connectivity index (χ0) is 19.3. The number of nitrogens with zero attached hydrogens (tertiary/aromatic N) is 2. The minimum Gasteiger partial charge on any atom is -0.354 e. The molecular formula is C19H30N4O4. The van der Waals surface area contributed by atoms with Gasteiger partial charge >= 0.3 is 6.03 Å². The molecule has 2 N–H and O–H groups in total. The Hall–Kier alpha value is -2.12. The van der Waals surface area contributed by atoms with Crippen molar-refractivity contribution in [3.8, 4) is 0 Å². The molecule has 0 aromatic heterocycles. The summed E-state index contributed by atoms with van der Waals surface area (Å²) < 4.78 is 0. The average molecular weight is 378 g/mol.